The Bertz CT molecular complexity index is 659. The van der Waals surface area contributed by atoms with Crippen molar-refractivity contribution in [2.45, 2.75) is 6.04 Å². The molecular formula is C17H19ClN2O2. The van der Waals surface area contributed by atoms with E-state index in [-0.39, 0.29) is 0 Å². The summed E-state index contributed by atoms with van der Waals surface area (Å²) in [6, 6.07) is 14.7. The van der Waals surface area contributed by atoms with Crippen molar-refractivity contribution in [1.82, 2.24) is 4.90 Å². The Morgan fingerprint density at radius 3 is 2.27 bits per heavy atom. The smallest absolute Gasteiger partial charge is 0.407 e. The first-order valence-corrected chi connectivity index (χ1v) is 7.27. The second-order valence-electron chi connectivity index (χ2n) is 5.30. The van der Waals surface area contributed by atoms with Crippen LogP contribution in [0.25, 0.3) is 0 Å². The van der Waals surface area contributed by atoms with Crippen molar-refractivity contribution in [3.05, 3.63) is 64.7 Å². The second-order valence-corrected chi connectivity index (χ2v) is 5.74. The van der Waals surface area contributed by atoms with E-state index in [9.17, 15) is 9.90 Å². The number of amides is 1. The third kappa shape index (κ3) is 3.34. The number of halogens is 1. The van der Waals surface area contributed by atoms with Gasteiger partial charge in [0.05, 0.1) is 6.04 Å². The van der Waals surface area contributed by atoms with Crippen LogP contribution in [0.1, 0.15) is 17.2 Å². The molecule has 0 bridgehead atoms. The molecule has 0 saturated heterocycles. The van der Waals surface area contributed by atoms with Crippen LogP contribution in [0.15, 0.2) is 48.5 Å². The van der Waals surface area contributed by atoms with Gasteiger partial charge in [0.15, 0.2) is 0 Å². The van der Waals surface area contributed by atoms with Gasteiger partial charge in [0.2, 0.25) is 0 Å². The summed E-state index contributed by atoms with van der Waals surface area (Å²) in [6.07, 6.45) is -0.987. The number of nitrogens with zero attached hydrogens (tertiary/aromatic N) is 2. The molecular weight excluding hydrogens is 300 g/mol. The van der Waals surface area contributed by atoms with Crippen LogP contribution in [0, 0.1) is 0 Å². The average Bonchev–Trinajstić information content (AvgIpc) is 2.48. The molecule has 1 unspecified atom stereocenters. The molecule has 0 heterocycles. The monoisotopic (exact) mass is 318 g/mol. The molecule has 22 heavy (non-hydrogen) atoms. The van der Waals surface area contributed by atoms with Gasteiger partial charge in [-0.25, -0.2) is 4.79 Å². The van der Waals surface area contributed by atoms with Gasteiger partial charge in [-0.1, -0.05) is 41.9 Å². The molecule has 0 saturated carbocycles. The van der Waals surface area contributed by atoms with Gasteiger partial charge in [-0.3, -0.25) is 0 Å². The first kappa shape index (κ1) is 16.2. The van der Waals surface area contributed by atoms with Crippen LogP contribution >= 0.6 is 11.6 Å². The zero-order valence-electron chi connectivity index (χ0n) is 12.8. The number of hydrogen-bond acceptors (Lipinski definition) is 2. The van der Waals surface area contributed by atoms with Crippen LogP contribution < -0.4 is 4.90 Å². The molecule has 5 heteroatoms. The lowest BCUT2D eigenvalue weighted by molar-refractivity contribution is 0.145. The molecule has 0 radical (unpaired) electrons. The van der Waals surface area contributed by atoms with Crippen LogP contribution in [-0.2, 0) is 0 Å². The van der Waals surface area contributed by atoms with E-state index in [0.717, 1.165) is 16.8 Å². The quantitative estimate of drug-likeness (QED) is 0.922. The number of carboxylic acid groups (broad SMARTS) is 1. The first-order valence-electron chi connectivity index (χ1n) is 6.89. The minimum atomic E-state index is -0.987. The predicted octanol–water partition coefficient (Wildman–Crippen LogP) is 4.11. The molecule has 0 spiro atoms. The van der Waals surface area contributed by atoms with Crippen molar-refractivity contribution >= 4 is 23.4 Å². The lowest BCUT2D eigenvalue weighted by Gasteiger charge is -2.30. The molecule has 0 aliphatic rings. The van der Waals surface area contributed by atoms with Gasteiger partial charge in [0.1, 0.15) is 0 Å². The topological polar surface area (TPSA) is 43.8 Å². The van der Waals surface area contributed by atoms with Crippen LogP contribution in [0.2, 0.25) is 5.02 Å². The summed E-state index contributed by atoms with van der Waals surface area (Å²) in [6.45, 7) is 0. The molecule has 2 rings (SSSR count). The molecule has 2 aromatic rings. The highest BCUT2D eigenvalue weighted by Gasteiger charge is 2.26. The number of hydrogen-bond donors (Lipinski definition) is 1. The fourth-order valence-electron chi connectivity index (χ4n) is 2.51. The van der Waals surface area contributed by atoms with Gasteiger partial charge in [-0.05, 0) is 23.8 Å². The van der Waals surface area contributed by atoms with E-state index < -0.39 is 12.1 Å². The van der Waals surface area contributed by atoms with Crippen molar-refractivity contribution in [3.63, 3.8) is 0 Å². The van der Waals surface area contributed by atoms with Gasteiger partial charge in [0.25, 0.3) is 0 Å². The summed E-state index contributed by atoms with van der Waals surface area (Å²) < 4.78 is 0. The average molecular weight is 319 g/mol. The molecule has 0 aromatic heterocycles. The Morgan fingerprint density at radius 1 is 1.09 bits per heavy atom. The van der Waals surface area contributed by atoms with Crippen LogP contribution in [0.4, 0.5) is 10.5 Å². The summed E-state index contributed by atoms with van der Waals surface area (Å²) in [7, 11) is 5.42. The second kappa shape index (κ2) is 6.71. The standard InChI is InChI=1S/C17H19ClN2O2/c1-19(2)15-10-9-13(18)11-14(15)16(20(3)17(21)22)12-7-5-4-6-8-12/h4-11,16H,1-3H3,(H,21,22). The predicted molar refractivity (Wildman–Crippen MR) is 89.9 cm³/mol. The Morgan fingerprint density at radius 2 is 1.73 bits per heavy atom. The van der Waals surface area contributed by atoms with Gasteiger partial charge >= 0.3 is 6.09 Å². The molecule has 0 aliphatic heterocycles. The van der Waals surface area contributed by atoms with Crippen molar-refractivity contribution in [1.29, 1.82) is 0 Å². The molecule has 4 nitrogen and oxygen atoms in total. The van der Waals surface area contributed by atoms with Crippen molar-refractivity contribution < 1.29 is 9.90 Å². The van der Waals surface area contributed by atoms with Crippen molar-refractivity contribution in [2.75, 3.05) is 26.0 Å². The first-order chi connectivity index (χ1) is 10.4. The Balaban J connectivity index is 2.64. The summed E-state index contributed by atoms with van der Waals surface area (Å²) in [5, 5.41) is 10.0. The molecule has 1 N–H and O–H groups in total. The summed E-state index contributed by atoms with van der Waals surface area (Å²) in [5.41, 5.74) is 2.69. The molecule has 2 aromatic carbocycles. The highest BCUT2D eigenvalue weighted by Crippen LogP contribution is 2.35. The Kier molecular flexibility index (Phi) is 4.93. The van der Waals surface area contributed by atoms with E-state index in [2.05, 4.69) is 0 Å². The van der Waals surface area contributed by atoms with E-state index >= 15 is 0 Å². The van der Waals surface area contributed by atoms with Gasteiger partial charge in [-0.15, -0.1) is 0 Å². The van der Waals surface area contributed by atoms with Gasteiger partial charge < -0.3 is 14.9 Å². The number of carbonyl (C=O) groups is 1. The summed E-state index contributed by atoms with van der Waals surface area (Å²) in [5.74, 6) is 0. The van der Waals surface area contributed by atoms with Gasteiger partial charge in [-0.2, -0.15) is 0 Å². The Hall–Kier alpha value is -2.20. The van der Waals surface area contributed by atoms with Crippen LogP contribution in [0.3, 0.4) is 0 Å². The fourth-order valence-corrected chi connectivity index (χ4v) is 2.69. The normalized spacial score (nSPS) is 11.8. The summed E-state index contributed by atoms with van der Waals surface area (Å²) in [4.78, 5) is 14.8. The highest BCUT2D eigenvalue weighted by molar-refractivity contribution is 6.30. The lowest BCUT2D eigenvalue weighted by atomic mass is 9.95. The maximum atomic E-state index is 11.5. The number of anilines is 1. The lowest BCUT2D eigenvalue weighted by Crippen LogP contribution is -2.31. The van der Waals surface area contributed by atoms with E-state index in [1.54, 1.807) is 7.05 Å². The van der Waals surface area contributed by atoms with Crippen LogP contribution in [-0.4, -0.2) is 37.2 Å². The van der Waals surface area contributed by atoms with E-state index in [1.165, 1.54) is 4.90 Å². The molecule has 0 fully saturated rings. The third-order valence-corrected chi connectivity index (χ3v) is 3.81. The minimum absolute atomic E-state index is 0.421. The minimum Gasteiger partial charge on any atom is -0.465 e. The Labute approximate surface area is 135 Å². The zero-order chi connectivity index (χ0) is 16.3. The highest BCUT2D eigenvalue weighted by atomic mass is 35.5. The molecule has 1 atom stereocenters. The van der Waals surface area contributed by atoms with E-state index in [0.29, 0.717) is 5.02 Å². The zero-order valence-corrected chi connectivity index (χ0v) is 13.6. The molecule has 116 valence electrons. The maximum absolute atomic E-state index is 11.5. The third-order valence-electron chi connectivity index (χ3n) is 3.57. The molecule has 1 amide bonds. The number of rotatable bonds is 4. The molecule has 0 aliphatic carbocycles. The van der Waals surface area contributed by atoms with Gasteiger partial charge in [0, 0.05) is 37.4 Å². The van der Waals surface area contributed by atoms with Crippen molar-refractivity contribution in [3.8, 4) is 0 Å². The van der Waals surface area contributed by atoms with E-state index in [4.69, 9.17) is 11.6 Å². The SMILES string of the molecule is CN(C)c1ccc(Cl)cc1C(c1ccccc1)N(C)C(=O)O. The fraction of sp³-hybridized carbons (Fsp3) is 0.235. The number of benzene rings is 2. The van der Waals surface area contributed by atoms with E-state index in [1.807, 2.05) is 67.5 Å². The van der Waals surface area contributed by atoms with Crippen LogP contribution in [0.5, 0.6) is 0 Å². The maximum Gasteiger partial charge on any atom is 0.407 e. The van der Waals surface area contributed by atoms with Crippen molar-refractivity contribution in [2.24, 2.45) is 0 Å². The largest absolute Gasteiger partial charge is 0.465 e. The summed E-state index contributed by atoms with van der Waals surface area (Å²) >= 11 is 6.15.